The van der Waals surface area contributed by atoms with Crippen LogP contribution in [0.2, 0.25) is 0 Å². The summed E-state index contributed by atoms with van der Waals surface area (Å²) in [5.74, 6) is -5.28. The van der Waals surface area contributed by atoms with Crippen LogP contribution in [0, 0.1) is 0 Å². The molecule has 1 saturated heterocycles. The van der Waals surface area contributed by atoms with Crippen LogP contribution >= 0.6 is 0 Å². The smallest absolute Gasteiger partial charge is 0.326 e. The molecule has 0 spiro atoms. The van der Waals surface area contributed by atoms with Crippen LogP contribution in [0.1, 0.15) is 44.1 Å². The molecule has 1 aliphatic rings. The van der Waals surface area contributed by atoms with Crippen molar-refractivity contribution in [3.63, 3.8) is 0 Å². The monoisotopic (exact) mass is 519 g/mol. The van der Waals surface area contributed by atoms with E-state index in [4.69, 9.17) is 16.6 Å². The second kappa shape index (κ2) is 13.9. The second-order valence-electron chi connectivity index (χ2n) is 8.88. The quantitative estimate of drug-likeness (QED) is 0.172. The molecule has 13 nitrogen and oxygen atoms in total. The molecule has 0 aromatic heterocycles. The van der Waals surface area contributed by atoms with E-state index in [1.807, 2.05) is 6.07 Å². The molecule has 13 heteroatoms. The maximum Gasteiger partial charge on any atom is 0.326 e. The van der Waals surface area contributed by atoms with Crippen molar-refractivity contribution in [2.24, 2.45) is 11.5 Å². The molecule has 0 bridgehead atoms. The Morgan fingerprint density at radius 2 is 1.62 bits per heavy atom. The Bertz CT molecular complexity index is 1000. The van der Waals surface area contributed by atoms with Crippen LogP contribution < -0.4 is 22.1 Å². The number of nitrogens with two attached hydrogens (primary N) is 2. The fraction of sp³-hybridized carbons (Fsp3) is 0.500. The Morgan fingerprint density at radius 1 is 0.973 bits per heavy atom. The minimum absolute atomic E-state index is 0.112. The lowest BCUT2D eigenvalue weighted by atomic mass is 10.0. The van der Waals surface area contributed by atoms with Crippen molar-refractivity contribution in [3.05, 3.63) is 35.9 Å². The van der Waals surface area contributed by atoms with E-state index in [9.17, 15) is 33.9 Å². The summed E-state index contributed by atoms with van der Waals surface area (Å²) in [6, 6.07) is 4.40. The first-order valence-electron chi connectivity index (χ1n) is 11.9. The van der Waals surface area contributed by atoms with E-state index in [1.54, 1.807) is 24.3 Å². The Balaban J connectivity index is 2.11. The summed E-state index contributed by atoms with van der Waals surface area (Å²) in [6.07, 6.45) is -0.202. The lowest BCUT2D eigenvalue weighted by Gasteiger charge is -2.30. The fourth-order valence-electron chi connectivity index (χ4n) is 4.08. The maximum absolute atomic E-state index is 13.4. The molecule has 4 atom stereocenters. The molecule has 4 amide bonds. The average Bonchev–Trinajstić information content (AvgIpc) is 3.34. The largest absolute Gasteiger partial charge is 0.481 e. The van der Waals surface area contributed by atoms with Crippen molar-refractivity contribution < 1.29 is 39.0 Å². The van der Waals surface area contributed by atoms with E-state index < -0.39 is 66.2 Å². The summed E-state index contributed by atoms with van der Waals surface area (Å²) in [5, 5.41) is 23.0. The highest BCUT2D eigenvalue weighted by atomic mass is 16.4. The van der Waals surface area contributed by atoms with E-state index in [1.165, 1.54) is 4.90 Å². The van der Waals surface area contributed by atoms with Gasteiger partial charge >= 0.3 is 11.9 Å². The molecule has 1 fully saturated rings. The topological polar surface area (TPSA) is 222 Å². The third-order valence-electron chi connectivity index (χ3n) is 6.03. The van der Waals surface area contributed by atoms with Crippen molar-refractivity contribution in [2.45, 2.75) is 69.1 Å². The molecule has 2 rings (SSSR count). The van der Waals surface area contributed by atoms with Gasteiger partial charge < -0.3 is 37.2 Å². The van der Waals surface area contributed by atoms with Crippen molar-refractivity contribution in [1.29, 1.82) is 0 Å². The Morgan fingerprint density at radius 3 is 2.22 bits per heavy atom. The number of primary amides is 1. The number of likely N-dealkylation sites (tertiary alicyclic amines) is 1. The standard InChI is InChI=1S/C24H33N5O8/c25-15(13-14-5-2-1-3-6-14)21(33)27-16(8-10-19(26)30)23(35)29-12-4-7-18(29)22(34)28-17(24(36)37)9-11-20(31)32/h1-3,5-6,15-18H,4,7-13,25H2,(H2,26,30)(H,27,33)(H,28,34)(H,31,32)(H,36,37). The minimum atomic E-state index is -1.44. The number of carbonyl (C=O) groups is 6. The molecule has 37 heavy (non-hydrogen) atoms. The Kier molecular flexibility index (Phi) is 11.0. The van der Waals surface area contributed by atoms with Crippen LogP contribution in [-0.4, -0.2) is 81.4 Å². The number of nitrogens with zero attached hydrogens (tertiary/aromatic N) is 1. The van der Waals surface area contributed by atoms with Gasteiger partial charge in [-0.2, -0.15) is 0 Å². The zero-order valence-corrected chi connectivity index (χ0v) is 20.3. The molecule has 4 unspecified atom stereocenters. The van der Waals surface area contributed by atoms with Crippen LogP contribution in [0.4, 0.5) is 0 Å². The van der Waals surface area contributed by atoms with Gasteiger partial charge in [0.2, 0.25) is 23.6 Å². The molecule has 1 heterocycles. The molecule has 0 radical (unpaired) electrons. The number of aliphatic carboxylic acids is 2. The van der Waals surface area contributed by atoms with Gasteiger partial charge in [0.05, 0.1) is 6.04 Å². The van der Waals surface area contributed by atoms with Gasteiger partial charge in [0.15, 0.2) is 0 Å². The number of nitrogens with one attached hydrogen (secondary N) is 2. The van der Waals surface area contributed by atoms with Crippen LogP contribution in [0.15, 0.2) is 30.3 Å². The summed E-state index contributed by atoms with van der Waals surface area (Å²) in [5.41, 5.74) is 12.1. The highest BCUT2D eigenvalue weighted by Gasteiger charge is 2.39. The first-order valence-corrected chi connectivity index (χ1v) is 11.9. The molecule has 0 aliphatic carbocycles. The number of hydrogen-bond acceptors (Lipinski definition) is 7. The summed E-state index contributed by atoms with van der Waals surface area (Å²) in [4.78, 5) is 73.8. The van der Waals surface area contributed by atoms with Gasteiger partial charge in [-0.15, -0.1) is 0 Å². The van der Waals surface area contributed by atoms with Gasteiger partial charge in [0.25, 0.3) is 0 Å². The molecule has 202 valence electrons. The molecule has 1 aromatic rings. The van der Waals surface area contributed by atoms with Crippen LogP contribution in [-0.2, 0) is 35.2 Å². The SMILES string of the molecule is NC(=O)CCC(NC(=O)C(N)Cc1ccccc1)C(=O)N1CCCC1C(=O)NC(CCC(=O)O)C(=O)O. The Hall–Kier alpha value is -4.00. The predicted octanol–water partition coefficient (Wildman–Crippen LogP) is -1.27. The summed E-state index contributed by atoms with van der Waals surface area (Å²) in [6.45, 7) is 0.169. The van der Waals surface area contributed by atoms with Gasteiger partial charge in [-0.25, -0.2) is 4.79 Å². The van der Waals surface area contributed by atoms with Gasteiger partial charge in [0.1, 0.15) is 18.1 Å². The molecule has 1 aliphatic heterocycles. The number of benzene rings is 1. The van der Waals surface area contributed by atoms with E-state index in [0.717, 1.165) is 5.56 Å². The third-order valence-corrected chi connectivity index (χ3v) is 6.03. The number of carboxylic acid groups (broad SMARTS) is 2. The molecule has 0 saturated carbocycles. The van der Waals surface area contributed by atoms with Gasteiger partial charge in [-0.05, 0) is 37.7 Å². The first-order chi connectivity index (χ1) is 17.5. The molecular weight excluding hydrogens is 486 g/mol. The number of rotatable bonds is 14. The molecule has 1 aromatic carbocycles. The van der Waals surface area contributed by atoms with Crippen LogP contribution in [0.3, 0.4) is 0 Å². The number of amides is 4. The van der Waals surface area contributed by atoms with Gasteiger partial charge in [0, 0.05) is 19.4 Å². The van der Waals surface area contributed by atoms with Gasteiger partial charge in [-0.3, -0.25) is 24.0 Å². The van der Waals surface area contributed by atoms with E-state index in [2.05, 4.69) is 10.6 Å². The fourth-order valence-corrected chi connectivity index (χ4v) is 4.08. The molecular formula is C24H33N5O8. The van der Waals surface area contributed by atoms with E-state index in [-0.39, 0.29) is 38.6 Å². The van der Waals surface area contributed by atoms with Crippen molar-refractivity contribution in [1.82, 2.24) is 15.5 Å². The van der Waals surface area contributed by atoms with Crippen molar-refractivity contribution in [3.8, 4) is 0 Å². The zero-order valence-electron chi connectivity index (χ0n) is 20.3. The highest BCUT2D eigenvalue weighted by molar-refractivity contribution is 5.95. The van der Waals surface area contributed by atoms with Crippen LogP contribution in [0.5, 0.6) is 0 Å². The third kappa shape index (κ3) is 9.18. The van der Waals surface area contributed by atoms with Crippen LogP contribution in [0.25, 0.3) is 0 Å². The van der Waals surface area contributed by atoms with Crippen molar-refractivity contribution in [2.75, 3.05) is 6.54 Å². The number of carboxylic acids is 2. The second-order valence-corrected chi connectivity index (χ2v) is 8.88. The average molecular weight is 520 g/mol. The van der Waals surface area contributed by atoms with E-state index in [0.29, 0.717) is 6.42 Å². The molecule has 8 N–H and O–H groups in total. The van der Waals surface area contributed by atoms with Gasteiger partial charge in [-0.1, -0.05) is 30.3 Å². The number of hydrogen-bond donors (Lipinski definition) is 6. The maximum atomic E-state index is 13.4. The van der Waals surface area contributed by atoms with Crippen molar-refractivity contribution >= 4 is 35.6 Å². The Labute approximate surface area is 213 Å². The minimum Gasteiger partial charge on any atom is -0.481 e. The highest BCUT2D eigenvalue weighted by Crippen LogP contribution is 2.20. The lowest BCUT2D eigenvalue weighted by Crippen LogP contribution is -2.57. The summed E-state index contributed by atoms with van der Waals surface area (Å²) >= 11 is 0. The normalized spacial score (nSPS) is 17.3. The predicted molar refractivity (Wildman–Crippen MR) is 130 cm³/mol. The summed E-state index contributed by atoms with van der Waals surface area (Å²) < 4.78 is 0. The first kappa shape index (κ1) is 29.2. The number of carbonyl (C=O) groups excluding carboxylic acids is 4. The zero-order chi connectivity index (χ0) is 27.5. The lowest BCUT2D eigenvalue weighted by molar-refractivity contribution is -0.145. The summed E-state index contributed by atoms with van der Waals surface area (Å²) in [7, 11) is 0. The van der Waals surface area contributed by atoms with E-state index >= 15 is 0 Å².